The van der Waals surface area contributed by atoms with Gasteiger partial charge in [-0.3, -0.25) is 0 Å². The predicted octanol–water partition coefficient (Wildman–Crippen LogP) is 5.98. The molecule has 1 rings (SSSR count). The second-order valence-corrected chi connectivity index (χ2v) is 6.11. The van der Waals surface area contributed by atoms with Gasteiger partial charge < -0.3 is 0 Å². The Morgan fingerprint density at radius 2 is 1.79 bits per heavy atom. The van der Waals surface area contributed by atoms with E-state index in [0.717, 1.165) is 11.8 Å². The van der Waals surface area contributed by atoms with E-state index >= 15 is 0 Å². The largest absolute Gasteiger partial charge is 0.106 e. The van der Waals surface area contributed by atoms with E-state index in [1.807, 2.05) is 6.92 Å². The van der Waals surface area contributed by atoms with E-state index in [1.54, 1.807) is 11.1 Å². The molecule has 2 atom stereocenters. The summed E-state index contributed by atoms with van der Waals surface area (Å²) in [5.41, 5.74) is 3.41. The first-order valence-corrected chi connectivity index (χ1v) is 8.34. The van der Waals surface area contributed by atoms with Gasteiger partial charge >= 0.3 is 0 Å². The van der Waals surface area contributed by atoms with Crippen LogP contribution in [0.4, 0.5) is 0 Å². The molecule has 0 heteroatoms. The molecule has 0 aromatic heterocycles. The van der Waals surface area contributed by atoms with Crippen LogP contribution in [0.1, 0.15) is 79.6 Å². The third kappa shape index (κ3) is 4.72. The molecule has 1 aliphatic carbocycles. The lowest BCUT2D eigenvalue weighted by Gasteiger charge is -2.08. The Morgan fingerprint density at radius 3 is 2.32 bits per heavy atom. The van der Waals surface area contributed by atoms with Gasteiger partial charge in [-0.15, -0.1) is 5.92 Å². The topological polar surface area (TPSA) is 0 Å². The Kier molecular flexibility index (Phi) is 7.29. The number of allylic oxidation sites excluding steroid dienone is 2. The molecule has 0 saturated heterocycles. The lowest BCUT2D eigenvalue weighted by Crippen LogP contribution is -1.95. The van der Waals surface area contributed by atoms with Gasteiger partial charge in [0.15, 0.2) is 0 Å². The first-order chi connectivity index (χ1) is 9.19. The maximum Gasteiger partial charge on any atom is 0.0631 e. The van der Waals surface area contributed by atoms with Crippen molar-refractivity contribution in [3.63, 3.8) is 0 Å². The summed E-state index contributed by atoms with van der Waals surface area (Å²) in [5.74, 6) is 8.79. The summed E-state index contributed by atoms with van der Waals surface area (Å²) >= 11 is 0. The molecule has 0 radical (unpaired) electrons. The van der Waals surface area contributed by atoms with E-state index in [4.69, 9.17) is 0 Å². The van der Waals surface area contributed by atoms with Crippen LogP contribution in [0.3, 0.4) is 0 Å². The van der Waals surface area contributed by atoms with Crippen molar-refractivity contribution >= 4 is 0 Å². The molecule has 1 aliphatic rings. The highest BCUT2D eigenvalue weighted by molar-refractivity contribution is 5.50. The molecule has 0 nitrogen and oxygen atoms in total. The maximum atomic E-state index is 3.41. The summed E-state index contributed by atoms with van der Waals surface area (Å²) in [7, 11) is 0. The molecule has 0 spiro atoms. The number of hydrogen-bond acceptors (Lipinski definition) is 0. The number of hydrogen-bond donors (Lipinski definition) is 0. The fraction of sp³-hybridized carbons (Fsp3) is 0.789. The van der Waals surface area contributed by atoms with Crippen molar-refractivity contribution in [1.29, 1.82) is 0 Å². The van der Waals surface area contributed by atoms with Crippen molar-refractivity contribution in [2.75, 3.05) is 0 Å². The van der Waals surface area contributed by atoms with Gasteiger partial charge in [-0.05, 0) is 50.0 Å². The number of rotatable bonds is 9. The van der Waals surface area contributed by atoms with E-state index in [9.17, 15) is 0 Å². The van der Waals surface area contributed by atoms with Gasteiger partial charge in [0, 0.05) is 0 Å². The Labute approximate surface area is 121 Å². The molecule has 108 valence electrons. The summed E-state index contributed by atoms with van der Waals surface area (Å²) < 4.78 is 0. The summed E-state index contributed by atoms with van der Waals surface area (Å²) in [4.78, 5) is 0. The molecule has 0 aliphatic heterocycles. The maximum absolute atomic E-state index is 3.41. The normalized spacial score (nSPS) is 19.4. The van der Waals surface area contributed by atoms with Gasteiger partial charge in [0.25, 0.3) is 0 Å². The molecule has 0 heterocycles. The monoisotopic (exact) mass is 260 g/mol. The molecule has 0 aromatic rings. The lowest BCUT2D eigenvalue weighted by molar-refractivity contribution is 0.469. The van der Waals surface area contributed by atoms with Crippen LogP contribution >= 0.6 is 0 Å². The molecule has 0 fully saturated rings. The fourth-order valence-electron chi connectivity index (χ4n) is 3.39. The second-order valence-electron chi connectivity index (χ2n) is 6.11. The van der Waals surface area contributed by atoms with Crippen molar-refractivity contribution in [3.05, 3.63) is 11.1 Å². The zero-order valence-electron chi connectivity index (χ0n) is 13.7. The standard InChI is InChI=1S/C19H32/c1-6-11-15(5)13-10-14-18-17(12-7-2)19(18)16(8-3)9-4/h15-17H,6,8-11,13-14H2,1-5H3. The summed E-state index contributed by atoms with van der Waals surface area (Å²) in [5, 5.41) is 0. The van der Waals surface area contributed by atoms with Crippen LogP contribution < -0.4 is 0 Å². The quantitative estimate of drug-likeness (QED) is 0.353. The lowest BCUT2D eigenvalue weighted by atomic mass is 9.98. The van der Waals surface area contributed by atoms with Crippen LogP contribution in [0, 0.1) is 29.6 Å². The van der Waals surface area contributed by atoms with Gasteiger partial charge in [0.05, 0.1) is 5.92 Å². The third-order valence-electron chi connectivity index (χ3n) is 4.59. The average Bonchev–Trinajstić information content (AvgIpc) is 3.05. The third-order valence-corrected chi connectivity index (χ3v) is 4.59. The molecular weight excluding hydrogens is 228 g/mol. The van der Waals surface area contributed by atoms with Gasteiger partial charge in [0.2, 0.25) is 0 Å². The summed E-state index contributed by atoms with van der Waals surface area (Å²) in [6, 6.07) is 0. The van der Waals surface area contributed by atoms with Gasteiger partial charge in [0.1, 0.15) is 0 Å². The van der Waals surface area contributed by atoms with Crippen LogP contribution in [-0.4, -0.2) is 0 Å². The van der Waals surface area contributed by atoms with Crippen molar-refractivity contribution in [3.8, 4) is 11.8 Å². The highest BCUT2D eigenvalue weighted by Crippen LogP contribution is 2.48. The molecule has 0 saturated carbocycles. The zero-order valence-corrected chi connectivity index (χ0v) is 13.7. The SMILES string of the molecule is CC#CC1C(CCCC(C)CCC)=C1C(CC)CC. The van der Waals surface area contributed by atoms with E-state index in [0.29, 0.717) is 5.92 Å². The molecule has 19 heavy (non-hydrogen) atoms. The van der Waals surface area contributed by atoms with Crippen molar-refractivity contribution < 1.29 is 0 Å². The first-order valence-electron chi connectivity index (χ1n) is 8.34. The van der Waals surface area contributed by atoms with Gasteiger partial charge in [-0.25, -0.2) is 0 Å². The average molecular weight is 260 g/mol. The smallest absolute Gasteiger partial charge is 0.0631 e. The molecule has 0 N–H and O–H groups in total. The van der Waals surface area contributed by atoms with Crippen molar-refractivity contribution in [2.45, 2.75) is 79.6 Å². The second kappa shape index (κ2) is 8.47. The Balaban J connectivity index is 2.46. The highest BCUT2D eigenvalue weighted by Gasteiger charge is 2.37. The minimum absolute atomic E-state index is 0.566. The van der Waals surface area contributed by atoms with E-state index in [1.165, 1.54) is 44.9 Å². The van der Waals surface area contributed by atoms with Gasteiger partial charge in [-0.2, -0.15) is 0 Å². The zero-order chi connectivity index (χ0) is 14.3. The van der Waals surface area contributed by atoms with Gasteiger partial charge in [-0.1, -0.05) is 58.5 Å². The van der Waals surface area contributed by atoms with Crippen LogP contribution in [0.25, 0.3) is 0 Å². The van der Waals surface area contributed by atoms with E-state index in [-0.39, 0.29) is 0 Å². The van der Waals surface area contributed by atoms with Crippen LogP contribution in [0.15, 0.2) is 11.1 Å². The fourth-order valence-corrected chi connectivity index (χ4v) is 3.39. The molecule has 0 amide bonds. The van der Waals surface area contributed by atoms with E-state index < -0.39 is 0 Å². The molecule has 2 unspecified atom stereocenters. The minimum atomic E-state index is 0.566. The Morgan fingerprint density at radius 1 is 1.11 bits per heavy atom. The van der Waals surface area contributed by atoms with Crippen molar-refractivity contribution in [2.24, 2.45) is 17.8 Å². The van der Waals surface area contributed by atoms with Crippen LogP contribution in [0.2, 0.25) is 0 Å². The molecule has 0 bridgehead atoms. The Hall–Kier alpha value is -0.700. The minimum Gasteiger partial charge on any atom is -0.106 e. The first kappa shape index (κ1) is 16.4. The van der Waals surface area contributed by atoms with Crippen LogP contribution in [-0.2, 0) is 0 Å². The Bertz CT molecular complexity index is 346. The summed E-state index contributed by atoms with van der Waals surface area (Å²) in [6.07, 6.45) is 9.33. The highest BCUT2D eigenvalue weighted by atomic mass is 14.4. The van der Waals surface area contributed by atoms with E-state index in [2.05, 4.69) is 39.5 Å². The van der Waals surface area contributed by atoms with Crippen molar-refractivity contribution in [1.82, 2.24) is 0 Å². The predicted molar refractivity (Wildman–Crippen MR) is 86.0 cm³/mol. The summed E-state index contributed by atoms with van der Waals surface area (Å²) in [6.45, 7) is 11.3. The molecule has 0 aromatic carbocycles. The molecular formula is C19H32. The van der Waals surface area contributed by atoms with Crippen LogP contribution in [0.5, 0.6) is 0 Å².